The third-order valence-electron chi connectivity index (χ3n) is 3.49. The van der Waals surface area contributed by atoms with Crippen LogP contribution in [0.2, 0.25) is 0 Å². The first-order valence-corrected chi connectivity index (χ1v) is 9.31. The average molecular weight is 329 g/mol. The minimum atomic E-state index is -3.24. The summed E-state index contributed by atoms with van der Waals surface area (Å²) in [6.07, 6.45) is 7.10. The fraction of sp³-hybridized carbons (Fsp3) is 0.692. The number of amides is 2. The second kappa shape index (κ2) is 7.59. The van der Waals surface area contributed by atoms with Gasteiger partial charge in [0.1, 0.15) is 0 Å². The van der Waals surface area contributed by atoms with E-state index in [0.717, 1.165) is 32.1 Å². The number of aromatic nitrogens is 2. The van der Waals surface area contributed by atoms with E-state index in [1.807, 2.05) is 16.9 Å². The number of rotatable bonds is 6. The van der Waals surface area contributed by atoms with Gasteiger partial charge in [-0.05, 0) is 25.3 Å². The van der Waals surface area contributed by atoms with Crippen molar-refractivity contribution in [2.75, 3.05) is 25.9 Å². The SMILES string of the molecule is CS(=O)(=O)NC1CCCN(C(=O)NCCCn2cccn2)C1. The first-order chi connectivity index (χ1) is 10.4. The summed E-state index contributed by atoms with van der Waals surface area (Å²) in [5.41, 5.74) is 0. The first-order valence-electron chi connectivity index (χ1n) is 7.41. The number of nitrogens with zero attached hydrogens (tertiary/aromatic N) is 3. The van der Waals surface area contributed by atoms with Gasteiger partial charge in [-0.3, -0.25) is 4.68 Å². The molecule has 2 heterocycles. The second-order valence-electron chi connectivity index (χ2n) is 5.53. The van der Waals surface area contributed by atoms with Crippen LogP contribution >= 0.6 is 0 Å². The summed E-state index contributed by atoms with van der Waals surface area (Å²) in [5.74, 6) is 0. The molecule has 124 valence electrons. The molecule has 0 aliphatic carbocycles. The number of likely N-dealkylation sites (tertiary alicyclic amines) is 1. The van der Waals surface area contributed by atoms with Crippen LogP contribution in [0.3, 0.4) is 0 Å². The van der Waals surface area contributed by atoms with Crippen LogP contribution in [0.15, 0.2) is 18.5 Å². The summed E-state index contributed by atoms with van der Waals surface area (Å²) in [7, 11) is -3.24. The van der Waals surface area contributed by atoms with E-state index in [-0.39, 0.29) is 12.1 Å². The van der Waals surface area contributed by atoms with Crippen molar-refractivity contribution in [3.63, 3.8) is 0 Å². The van der Waals surface area contributed by atoms with Crippen LogP contribution in [-0.4, -0.2) is 61.1 Å². The highest BCUT2D eigenvalue weighted by molar-refractivity contribution is 7.88. The van der Waals surface area contributed by atoms with E-state index in [1.165, 1.54) is 0 Å². The van der Waals surface area contributed by atoms with E-state index < -0.39 is 10.0 Å². The highest BCUT2D eigenvalue weighted by atomic mass is 32.2. The molecule has 1 fully saturated rings. The number of piperidine rings is 1. The van der Waals surface area contributed by atoms with E-state index in [4.69, 9.17) is 0 Å². The summed E-state index contributed by atoms with van der Waals surface area (Å²) in [6, 6.07) is 1.53. The summed E-state index contributed by atoms with van der Waals surface area (Å²) < 4.78 is 26.9. The number of carbonyl (C=O) groups excluding carboxylic acids is 1. The smallest absolute Gasteiger partial charge is 0.317 e. The van der Waals surface area contributed by atoms with Gasteiger partial charge in [-0.2, -0.15) is 5.10 Å². The summed E-state index contributed by atoms with van der Waals surface area (Å²) in [6.45, 7) is 2.40. The number of carbonyl (C=O) groups is 1. The van der Waals surface area contributed by atoms with Gasteiger partial charge < -0.3 is 10.2 Å². The van der Waals surface area contributed by atoms with Crippen molar-refractivity contribution in [1.29, 1.82) is 0 Å². The quantitative estimate of drug-likeness (QED) is 0.718. The molecule has 8 nitrogen and oxygen atoms in total. The van der Waals surface area contributed by atoms with E-state index >= 15 is 0 Å². The summed E-state index contributed by atoms with van der Waals surface area (Å²) in [4.78, 5) is 13.8. The number of sulfonamides is 1. The highest BCUT2D eigenvalue weighted by Gasteiger charge is 2.25. The molecule has 1 saturated heterocycles. The van der Waals surface area contributed by atoms with Crippen molar-refractivity contribution in [3.8, 4) is 0 Å². The molecule has 1 aromatic heterocycles. The monoisotopic (exact) mass is 329 g/mol. The van der Waals surface area contributed by atoms with Crippen LogP contribution < -0.4 is 10.0 Å². The Bertz CT molecular complexity index is 573. The molecule has 0 aromatic carbocycles. The van der Waals surface area contributed by atoms with Gasteiger partial charge in [0.2, 0.25) is 10.0 Å². The summed E-state index contributed by atoms with van der Waals surface area (Å²) >= 11 is 0. The lowest BCUT2D eigenvalue weighted by molar-refractivity contribution is 0.177. The third kappa shape index (κ3) is 5.64. The lowest BCUT2D eigenvalue weighted by Crippen LogP contribution is -2.52. The fourth-order valence-electron chi connectivity index (χ4n) is 2.54. The van der Waals surface area contributed by atoms with Crippen LogP contribution in [-0.2, 0) is 16.6 Å². The molecule has 1 aliphatic heterocycles. The Morgan fingerprint density at radius 1 is 1.45 bits per heavy atom. The topological polar surface area (TPSA) is 96.3 Å². The Kier molecular flexibility index (Phi) is 5.78. The predicted octanol–water partition coefficient (Wildman–Crippen LogP) is -0.00360. The van der Waals surface area contributed by atoms with Crippen LogP contribution in [0, 0.1) is 0 Å². The van der Waals surface area contributed by atoms with Crippen molar-refractivity contribution >= 4 is 16.1 Å². The lowest BCUT2D eigenvalue weighted by atomic mass is 10.1. The van der Waals surface area contributed by atoms with Gasteiger partial charge in [-0.1, -0.05) is 0 Å². The maximum Gasteiger partial charge on any atom is 0.317 e. The minimum Gasteiger partial charge on any atom is -0.338 e. The number of hydrogen-bond acceptors (Lipinski definition) is 4. The molecule has 1 unspecified atom stereocenters. The van der Waals surface area contributed by atoms with Gasteiger partial charge in [0.25, 0.3) is 0 Å². The van der Waals surface area contributed by atoms with Crippen molar-refractivity contribution in [1.82, 2.24) is 24.7 Å². The van der Waals surface area contributed by atoms with E-state index in [0.29, 0.717) is 19.6 Å². The van der Waals surface area contributed by atoms with Gasteiger partial charge in [0.05, 0.1) is 6.26 Å². The molecule has 9 heteroatoms. The summed E-state index contributed by atoms with van der Waals surface area (Å²) in [5, 5.41) is 6.96. The molecule has 1 aliphatic rings. The zero-order valence-corrected chi connectivity index (χ0v) is 13.6. The van der Waals surface area contributed by atoms with Crippen molar-refractivity contribution < 1.29 is 13.2 Å². The highest BCUT2D eigenvalue weighted by Crippen LogP contribution is 2.10. The maximum atomic E-state index is 12.1. The standard InChI is InChI=1S/C13H23N5O3S/c1-22(20,21)16-12-5-2-8-17(11-12)13(19)14-6-3-9-18-10-4-7-15-18/h4,7,10,12,16H,2-3,5-6,8-9,11H2,1H3,(H,14,19). The van der Waals surface area contributed by atoms with Crippen molar-refractivity contribution in [2.24, 2.45) is 0 Å². The molecule has 22 heavy (non-hydrogen) atoms. The minimum absolute atomic E-state index is 0.138. The zero-order valence-electron chi connectivity index (χ0n) is 12.7. The normalized spacial score (nSPS) is 19.1. The van der Waals surface area contributed by atoms with Crippen LogP contribution in [0.5, 0.6) is 0 Å². The Labute approximate surface area is 130 Å². The Morgan fingerprint density at radius 2 is 2.27 bits per heavy atom. The first kappa shape index (κ1) is 16.8. The molecule has 0 bridgehead atoms. The van der Waals surface area contributed by atoms with Crippen LogP contribution in [0.25, 0.3) is 0 Å². The number of hydrogen-bond donors (Lipinski definition) is 2. The van der Waals surface area contributed by atoms with E-state index in [2.05, 4.69) is 15.1 Å². The molecule has 2 amide bonds. The largest absolute Gasteiger partial charge is 0.338 e. The third-order valence-corrected chi connectivity index (χ3v) is 4.25. The molecule has 0 saturated carbocycles. The average Bonchev–Trinajstić information content (AvgIpc) is 2.95. The molecule has 2 rings (SSSR count). The second-order valence-corrected chi connectivity index (χ2v) is 7.31. The Morgan fingerprint density at radius 3 is 2.95 bits per heavy atom. The Balaban J connectivity index is 1.70. The maximum absolute atomic E-state index is 12.1. The van der Waals surface area contributed by atoms with Gasteiger partial charge >= 0.3 is 6.03 Å². The molecule has 2 N–H and O–H groups in total. The molecule has 1 atom stereocenters. The number of nitrogens with one attached hydrogen (secondary N) is 2. The molecule has 0 spiro atoms. The molecule has 1 aromatic rings. The van der Waals surface area contributed by atoms with Gasteiger partial charge in [0, 0.05) is 44.6 Å². The fourth-order valence-corrected chi connectivity index (χ4v) is 3.34. The zero-order chi connectivity index (χ0) is 16.0. The van der Waals surface area contributed by atoms with Gasteiger partial charge in [0.15, 0.2) is 0 Å². The lowest BCUT2D eigenvalue weighted by Gasteiger charge is -2.32. The van der Waals surface area contributed by atoms with E-state index in [9.17, 15) is 13.2 Å². The van der Waals surface area contributed by atoms with E-state index in [1.54, 1.807) is 11.1 Å². The van der Waals surface area contributed by atoms with Crippen molar-refractivity contribution in [3.05, 3.63) is 18.5 Å². The molecule has 0 radical (unpaired) electrons. The molecular formula is C13H23N5O3S. The van der Waals surface area contributed by atoms with Crippen LogP contribution in [0.4, 0.5) is 4.79 Å². The number of urea groups is 1. The molecular weight excluding hydrogens is 306 g/mol. The predicted molar refractivity (Wildman–Crippen MR) is 82.8 cm³/mol. The number of aryl methyl sites for hydroxylation is 1. The van der Waals surface area contributed by atoms with Crippen molar-refractivity contribution in [2.45, 2.75) is 31.8 Å². The van der Waals surface area contributed by atoms with Gasteiger partial charge in [-0.15, -0.1) is 0 Å². The Hall–Kier alpha value is -1.61. The van der Waals surface area contributed by atoms with Crippen LogP contribution in [0.1, 0.15) is 19.3 Å². The van der Waals surface area contributed by atoms with Gasteiger partial charge in [-0.25, -0.2) is 17.9 Å².